The molecular formula is C25H22N4O5S. The Labute approximate surface area is 206 Å². The van der Waals surface area contributed by atoms with Crippen molar-refractivity contribution in [1.82, 2.24) is 4.90 Å². The molecule has 178 valence electrons. The highest BCUT2D eigenvalue weighted by atomic mass is 32.2. The highest BCUT2D eigenvalue weighted by Gasteiger charge is 2.39. The molecule has 1 fully saturated rings. The van der Waals surface area contributed by atoms with Gasteiger partial charge in [-0.2, -0.15) is 0 Å². The number of carbonyl (C=O) groups excluding carboxylic acids is 2. The van der Waals surface area contributed by atoms with Crippen molar-refractivity contribution in [3.63, 3.8) is 0 Å². The average molecular weight is 491 g/mol. The van der Waals surface area contributed by atoms with Crippen molar-refractivity contribution < 1.29 is 19.2 Å². The first-order chi connectivity index (χ1) is 16.9. The third kappa shape index (κ3) is 6.04. The first-order valence-electron chi connectivity index (χ1n) is 10.7. The van der Waals surface area contributed by atoms with Crippen molar-refractivity contribution in [3.8, 4) is 5.75 Å². The number of benzene rings is 3. The lowest BCUT2D eigenvalue weighted by Gasteiger charge is -2.16. The first-order valence-corrected chi connectivity index (χ1v) is 11.6. The minimum Gasteiger partial charge on any atom is -0.497 e. The van der Waals surface area contributed by atoms with Gasteiger partial charge >= 0.3 is 0 Å². The number of nitrogens with one attached hydrogen (secondary N) is 1. The topological polar surface area (TPSA) is 114 Å². The minimum absolute atomic E-state index is 0.0981. The Morgan fingerprint density at radius 3 is 2.54 bits per heavy atom. The van der Waals surface area contributed by atoms with Crippen LogP contribution in [0.5, 0.6) is 5.75 Å². The summed E-state index contributed by atoms with van der Waals surface area (Å²) in [6.07, 6.45) is -0.0981. The maximum absolute atomic E-state index is 13.3. The van der Waals surface area contributed by atoms with Crippen LogP contribution in [-0.4, -0.2) is 39.2 Å². The van der Waals surface area contributed by atoms with Crippen molar-refractivity contribution in [2.75, 3.05) is 12.4 Å². The Hall–Kier alpha value is -4.18. The molecule has 4 rings (SSSR count). The summed E-state index contributed by atoms with van der Waals surface area (Å²) in [5, 5.41) is 13.5. The average Bonchev–Trinajstić information content (AvgIpc) is 3.14. The number of rotatable bonds is 8. The van der Waals surface area contributed by atoms with Crippen molar-refractivity contribution in [3.05, 3.63) is 94.5 Å². The molecule has 9 nitrogen and oxygen atoms in total. The summed E-state index contributed by atoms with van der Waals surface area (Å²) in [6, 6.07) is 22.4. The molecule has 1 aliphatic rings. The Balaban J connectivity index is 1.53. The van der Waals surface area contributed by atoms with Gasteiger partial charge in [-0.05, 0) is 35.9 Å². The third-order valence-corrected chi connectivity index (χ3v) is 6.39. The van der Waals surface area contributed by atoms with E-state index in [2.05, 4.69) is 10.3 Å². The van der Waals surface area contributed by atoms with Gasteiger partial charge in [-0.25, -0.2) is 4.99 Å². The second kappa shape index (κ2) is 10.8. The summed E-state index contributed by atoms with van der Waals surface area (Å²) in [6.45, 7) is 0.324. The normalized spacial score (nSPS) is 16.4. The zero-order valence-corrected chi connectivity index (χ0v) is 19.6. The van der Waals surface area contributed by atoms with Gasteiger partial charge in [-0.1, -0.05) is 48.2 Å². The van der Waals surface area contributed by atoms with E-state index in [9.17, 15) is 19.7 Å². The van der Waals surface area contributed by atoms with Crippen LogP contribution in [0.4, 0.5) is 17.1 Å². The second-order valence-corrected chi connectivity index (χ2v) is 8.84. The fourth-order valence-electron chi connectivity index (χ4n) is 3.48. The number of amidine groups is 1. The molecule has 0 spiro atoms. The van der Waals surface area contributed by atoms with Gasteiger partial charge in [0.2, 0.25) is 11.8 Å². The molecule has 1 atom stereocenters. The fourth-order valence-corrected chi connectivity index (χ4v) is 4.64. The molecule has 0 saturated carbocycles. The molecule has 2 amide bonds. The van der Waals surface area contributed by atoms with Gasteiger partial charge in [-0.15, -0.1) is 0 Å². The number of hydrogen-bond donors (Lipinski definition) is 1. The number of nitrogens with zero attached hydrogens (tertiary/aromatic N) is 3. The Morgan fingerprint density at radius 1 is 1.11 bits per heavy atom. The van der Waals surface area contributed by atoms with E-state index in [1.165, 1.54) is 30.0 Å². The number of ether oxygens (including phenoxy) is 1. The molecule has 1 aliphatic heterocycles. The Kier molecular flexibility index (Phi) is 7.41. The van der Waals surface area contributed by atoms with Crippen LogP contribution in [0.3, 0.4) is 0 Å². The summed E-state index contributed by atoms with van der Waals surface area (Å²) in [7, 11) is 1.58. The van der Waals surface area contributed by atoms with Gasteiger partial charge in [-0.3, -0.25) is 24.6 Å². The summed E-state index contributed by atoms with van der Waals surface area (Å²) in [4.78, 5) is 42.6. The maximum atomic E-state index is 13.3. The molecule has 35 heavy (non-hydrogen) atoms. The van der Waals surface area contributed by atoms with Crippen molar-refractivity contribution >= 4 is 45.8 Å². The number of nitro benzene ring substituents is 1. The molecule has 1 unspecified atom stereocenters. The summed E-state index contributed by atoms with van der Waals surface area (Å²) in [5.74, 6) is 0.0583. The number of aliphatic imine (C=N–C) groups is 1. The van der Waals surface area contributed by atoms with Crippen molar-refractivity contribution in [2.45, 2.75) is 18.2 Å². The van der Waals surface area contributed by atoms with E-state index in [4.69, 9.17) is 4.74 Å². The smallest absolute Gasteiger partial charge is 0.271 e. The predicted octanol–water partition coefficient (Wildman–Crippen LogP) is 4.76. The van der Waals surface area contributed by atoms with E-state index < -0.39 is 16.1 Å². The SMILES string of the molecule is COc1ccc(N=C2SC(CC(=O)Nc3cccc([N+](=O)[O-])c3)C(=O)N2Cc2ccccc2)cc1. The van der Waals surface area contributed by atoms with Gasteiger partial charge in [0.15, 0.2) is 5.17 Å². The van der Waals surface area contributed by atoms with Crippen LogP contribution in [0.15, 0.2) is 83.9 Å². The van der Waals surface area contributed by atoms with Gasteiger partial charge in [0.1, 0.15) is 11.0 Å². The number of hydrogen-bond acceptors (Lipinski definition) is 7. The molecule has 3 aromatic rings. The van der Waals surface area contributed by atoms with E-state index in [1.807, 2.05) is 30.3 Å². The fraction of sp³-hybridized carbons (Fsp3) is 0.160. The number of thioether (sulfide) groups is 1. The number of carbonyl (C=O) groups is 2. The molecule has 3 aromatic carbocycles. The van der Waals surface area contributed by atoms with Crippen LogP contribution in [0.25, 0.3) is 0 Å². The first kappa shape index (κ1) is 24.0. The van der Waals surface area contributed by atoms with Gasteiger partial charge in [0, 0.05) is 24.2 Å². The molecule has 1 heterocycles. The lowest BCUT2D eigenvalue weighted by Crippen LogP contribution is -2.33. The highest BCUT2D eigenvalue weighted by Crippen LogP contribution is 2.33. The predicted molar refractivity (Wildman–Crippen MR) is 135 cm³/mol. The van der Waals surface area contributed by atoms with E-state index in [1.54, 1.807) is 42.3 Å². The van der Waals surface area contributed by atoms with E-state index in [0.717, 1.165) is 5.56 Å². The summed E-state index contributed by atoms with van der Waals surface area (Å²) >= 11 is 1.22. The maximum Gasteiger partial charge on any atom is 0.271 e. The Morgan fingerprint density at radius 2 is 1.86 bits per heavy atom. The molecule has 0 aromatic heterocycles. The molecule has 1 N–H and O–H groups in total. The van der Waals surface area contributed by atoms with Gasteiger partial charge in [0.05, 0.1) is 24.3 Å². The highest BCUT2D eigenvalue weighted by molar-refractivity contribution is 8.15. The number of amides is 2. The van der Waals surface area contributed by atoms with Gasteiger partial charge < -0.3 is 10.1 Å². The van der Waals surface area contributed by atoms with Crippen LogP contribution in [0.2, 0.25) is 0 Å². The summed E-state index contributed by atoms with van der Waals surface area (Å²) < 4.78 is 5.19. The second-order valence-electron chi connectivity index (χ2n) is 7.67. The number of anilines is 1. The van der Waals surface area contributed by atoms with Crippen LogP contribution in [0.1, 0.15) is 12.0 Å². The summed E-state index contributed by atoms with van der Waals surface area (Å²) in [5.41, 5.74) is 1.76. The zero-order chi connectivity index (χ0) is 24.8. The lowest BCUT2D eigenvalue weighted by molar-refractivity contribution is -0.384. The number of nitro groups is 1. The van der Waals surface area contributed by atoms with Crippen molar-refractivity contribution in [2.24, 2.45) is 4.99 Å². The molecule has 0 aliphatic carbocycles. The quantitative estimate of drug-likeness (QED) is 0.360. The Bertz CT molecular complexity index is 1260. The molecule has 10 heteroatoms. The lowest BCUT2D eigenvalue weighted by atomic mass is 10.2. The van der Waals surface area contributed by atoms with Crippen LogP contribution in [-0.2, 0) is 16.1 Å². The van der Waals surface area contributed by atoms with Crippen LogP contribution >= 0.6 is 11.8 Å². The molecular weight excluding hydrogens is 468 g/mol. The molecule has 0 bridgehead atoms. The number of methoxy groups -OCH3 is 1. The van der Waals surface area contributed by atoms with Gasteiger partial charge in [0.25, 0.3) is 5.69 Å². The minimum atomic E-state index is -0.672. The van der Waals surface area contributed by atoms with E-state index in [-0.39, 0.29) is 18.0 Å². The largest absolute Gasteiger partial charge is 0.497 e. The van der Waals surface area contributed by atoms with E-state index >= 15 is 0 Å². The van der Waals surface area contributed by atoms with Crippen molar-refractivity contribution in [1.29, 1.82) is 0 Å². The standard InChI is InChI=1S/C25H22N4O5S/c1-34-21-12-10-18(11-13-21)27-25-28(16-17-6-3-2-4-7-17)24(31)22(35-25)15-23(30)26-19-8-5-9-20(14-19)29(32)33/h2-14,22H,15-16H2,1H3,(H,26,30). The van der Waals surface area contributed by atoms with E-state index in [0.29, 0.717) is 28.8 Å². The van der Waals surface area contributed by atoms with Crippen LogP contribution < -0.4 is 10.1 Å². The molecule has 1 saturated heterocycles. The monoisotopic (exact) mass is 490 g/mol. The zero-order valence-electron chi connectivity index (χ0n) is 18.8. The van der Waals surface area contributed by atoms with Crippen LogP contribution in [0, 0.1) is 10.1 Å². The third-order valence-electron chi connectivity index (χ3n) is 5.21. The molecule has 0 radical (unpaired) electrons. The number of non-ortho nitro benzene ring substituents is 1.